The number of hydrogen-bond acceptors (Lipinski definition) is 3. The summed E-state index contributed by atoms with van der Waals surface area (Å²) in [4.78, 5) is 30.7. The Labute approximate surface area is 137 Å². The molecule has 23 heavy (non-hydrogen) atoms. The molecule has 2 atom stereocenters. The molecule has 0 bridgehead atoms. The van der Waals surface area contributed by atoms with Crippen LogP contribution in [0.4, 0.5) is 0 Å². The Morgan fingerprint density at radius 1 is 1.35 bits per heavy atom. The van der Waals surface area contributed by atoms with E-state index in [1.165, 1.54) is 25.7 Å². The smallest absolute Gasteiger partial charge is 0.226 e. The minimum absolute atomic E-state index is 0.00828. The van der Waals surface area contributed by atoms with E-state index in [-0.39, 0.29) is 30.2 Å². The standard InChI is InChI=1S/C17H26N4O2/c1-20-10-9-18-16(20)15-13(11-14(22)21(15)2)17(23)19-8-7-12-5-3-4-6-12/h9-10,12-13,15H,3-8,11H2,1-2H3,(H,19,23)/t13-,15-/m0/s1. The molecule has 6 heteroatoms. The van der Waals surface area contributed by atoms with Crippen LogP contribution in [0.2, 0.25) is 0 Å². The monoisotopic (exact) mass is 318 g/mol. The third-order valence-electron chi connectivity index (χ3n) is 5.37. The highest BCUT2D eigenvalue weighted by Gasteiger charge is 2.44. The molecule has 6 nitrogen and oxygen atoms in total. The number of carbonyl (C=O) groups is 2. The molecule has 0 aromatic carbocycles. The van der Waals surface area contributed by atoms with Gasteiger partial charge in [-0.1, -0.05) is 25.7 Å². The molecular weight excluding hydrogens is 292 g/mol. The lowest BCUT2D eigenvalue weighted by atomic mass is 9.98. The number of hydrogen-bond donors (Lipinski definition) is 1. The molecule has 2 aliphatic rings. The van der Waals surface area contributed by atoms with Crippen LogP contribution in [0, 0.1) is 11.8 Å². The van der Waals surface area contributed by atoms with Gasteiger partial charge in [-0.2, -0.15) is 0 Å². The first-order valence-electron chi connectivity index (χ1n) is 8.58. The highest BCUT2D eigenvalue weighted by molar-refractivity contribution is 5.90. The number of aryl methyl sites for hydroxylation is 1. The fourth-order valence-electron chi connectivity index (χ4n) is 3.95. The summed E-state index contributed by atoms with van der Waals surface area (Å²) < 4.78 is 1.89. The molecule has 0 unspecified atom stereocenters. The molecule has 1 aromatic heterocycles. The van der Waals surface area contributed by atoms with E-state index in [1.54, 1.807) is 18.1 Å². The Kier molecular flexibility index (Phi) is 4.68. The van der Waals surface area contributed by atoms with Crippen molar-refractivity contribution in [2.45, 2.75) is 44.6 Å². The number of likely N-dealkylation sites (tertiary alicyclic amines) is 1. The van der Waals surface area contributed by atoms with Gasteiger partial charge in [0.2, 0.25) is 11.8 Å². The Hall–Kier alpha value is -1.85. The second kappa shape index (κ2) is 6.72. The predicted molar refractivity (Wildman–Crippen MR) is 86.4 cm³/mol. The van der Waals surface area contributed by atoms with Gasteiger partial charge in [0.1, 0.15) is 11.9 Å². The molecule has 126 valence electrons. The molecule has 2 fully saturated rings. The van der Waals surface area contributed by atoms with Gasteiger partial charge in [0, 0.05) is 39.5 Å². The van der Waals surface area contributed by atoms with Crippen molar-refractivity contribution in [2.24, 2.45) is 18.9 Å². The third-order valence-corrected chi connectivity index (χ3v) is 5.37. The molecular formula is C17H26N4O2. The van der Waals surface area contributed by atoms with Gasteiger partial charge in [-0.15, -0.1) is 0 Å². The molecule has 1 saturated heterocycles. The quantitative estimate of drug-likeness (QED) is 0.897. The van der Waals surface area contributed by atoms with Crippen molar-refractivity contribution >= 4 is 11.8 Å². The first-order valence-corrected chi connectivity index (χ1v) is 8.58. The van der Waals surface area contributed by atoms with Gasteiger partial charge in [0.15, 0.2) is 0 Å². The normalized spacial score (nSPS) is 25.3. The number of nitrogens with zero attached hydrogens (tertiary/aromatic N) is 3. The second-order valence-corrected chi connectivity index (χ2v) is 6.89. The maximum absolute atomic E-state index is 12.6. The van der Waals surface area contributed by atoms with Crippen LogP contribution < -0.4 is 5.32 Å². The van der Waals surface area contributed by atoms with E-state index < -0.39 is 0 Å². The molecule has 1 aliphatic carbocycles. The molecule has 2 heterocycles. The summed E-state index contributed by atoms with van der Waals surface area (Å²) in [6, 6.07) is -0.269. The zero-order chi connectivity index (χ0) is 16.4. The van der Waals surface area contributed by atoms with Crippen LogP contribution in [-0.2, 0) is 16.6 Å². The van der Waals surface area contributed by atoms with Crippen LogP contribution in [0.25, 0.3) is 0 Å². The lowest BCUT2D eigenvalue weighted by molar-refractivity contribution is -0.128. The summed E-state index contributed by atoms with van der Waals surface area (Å²) in [7, 11) is 3.65. The summed E-state index contributed by atoms with van der Waals surface area (Å²) in [6.45, 7) is 0.713. The molecule has 3 rings (SSSR count). The van der Waals surface area contributed by atoms with Crippen LogP contribution in [-0.4, -0.2) is 39.9 Å². The highest BCUT2D eigenvalue weighted by Crippen LogP contribution is 2.36. The van der Waals surface area contributed by atoms with E-state index >= 15 is 0 Å². The van der Waals surface area contributed by atoms with Gasteiger partial charge in [0.25, 0.3) is 0 Å². The van der Waals surface area contributed by atoms with E-state index in [4.69, 9.17) is 0 Å². The second-order valence-electron chi connectivity index (χ2n) is 6.89. The molecule has 1 saturated carbocycles. The van der Waals surface area contributed by atoms with Gasteiger partial charge < -0.3 is 14.8 Å². The minimum Gasteiger partial charge on any atom is -0.356 e. The molecule has 1 aromatic rings. The maximum Gasteiger partial charge on any atom is 0.226 e. The Bertz CT molecular complexity index is 577. The van der Waals surface area contributed by atoms with Gasteiger partial charge in [-0.05, 0) is 12.3 Å². The highest BCUT2D eigenvalue weighted by atomic mass is 16.2. The van der Waals surface area contributed by atoms with Crippen LogP contribution in [0.15, 0.2) is 12.4 Å². The summed E-state index contributed by atoms with van der Waals surface area (Å²) in [5.74, 6) is 1.17. The Morgan fingerprint density at radius 2 is 2.09 bits per heavy atom. The van der Waals surface area contributed by atoms with Crippen molar-refractivity contribution in [3.05, 3.63) is 18.2 Å². The molecule has 2 amide bonds. The van der Waals surface area contributed by atoms with Crippen molar-refractivity contribution in [1.29, 1.82) is 0 Å². The zero-order valence-electron chi connectivity index (χ0n) is 14.0. The first-order chi connectivity index (χ1) is 11.1. The van der Waals surface area contributed by atoms with Crippen molar-refractivity contribution in [3.63, 3.8) is 0 Å². The first kappa shape index (κ1) is 16.0. The number of carbonyl (C=O) groups excluding carboxylic acids is 2. The largest absolute Gasteiger partial charge is 0.356 e. The predicted octanol–water partition coefficient (Wildman–Crippen LogP) is 1.64. The van der Waals surface area contributed by atoms with E-state index in [2.05, 4.69) is 10.3 Å². The van der Waals surface area contributed by atoms with Crippen LogP contribution in [0.3, 0.4) is 0 Å². The third kappa shape index (κ3) is 3.26. The number of rotatable bonds is 5. The molecule has 0 radical (unpaired) electrons. The maximum atomic E-state index is 12.6. The van der Waals surface area contributed by atoms with Crippen molar-refractivity contribution in [3.8, 4) is 0 Å². The number of aromatic nitrogens is 2. The fraction of sp³-hybridized carbons (Fsp3) is 0.706. The Balaban J connectivity index is 1.63. The van der Waals surface area contributed by atoms with Crippen molar-refractivity contribution < 1.29 is 9.59 Å². The summed E-state index contributed by atoms with van der Waals surface area (Å²) >= 11 is 0. The van der Waals surface area contributed by atoms with E-state index in [1.807, 2.05) is 17.8 Å². The van der Waals surface area contributed by atoms with Gasteiger partial charge in [0.05, 0.1) is 5.92 Å². The number of nitrogens with one attached hydrogen (secondary N) is 1. The summed E-state index contributed by atoms with van der Waals surface area (Å²) in [5.41, 5.74) is 0. The average molecular weight is 318 g/mol. The van der Waals surface area contributed by atoms with Crippen LogP contribution in [0.5, 0.6) is 0 Å². The molecule has 0 spiro atoms. The van der Waals surface area contributed by atoms with Crippen LogP contribution in [0.1, 0.15) is 50.4 Å². The van der Waals surface area contributed by atoms with Crippen molar-refractivity contribution in [1.82, 2.24) is 19.8 Å². The summed E-state index contributed by atoms with van der Waals surface area (Å²) in [5, 5.41) is 3.05. The number of imidazole rings is 1. The number of amides is 2. The molecule has 1 N–H and O–H groups in total. The van der Waals surface area contributed by atoms with E-state index in [0.29, 0.717) is 6.54 Å². The fourth-order valence-corrected chi connectivity index (χ4v) is 3.95. The minimum atomic E-state index is -0.350. The lowest BCUT2D eigenvalue weighted by Crippen LogP contribution is -2.36. The van der Waals surface area contributed by atoms with E-state index in [9.17, 15) is 9.59 Å². The topological polar surface area (TPSA) is 67.2 Å². The summed E-state index contributed by atoms with van der Waals surface area (Å²) in [6.07, 6.45) is 10.1. The van der Waals surface area contributed by atoms with Gasteiger partial charge >= 0.3 is 0 Å². The van der Waals surface area contributed by atoms with E-state index in [0.717, 1.165) is 18.2 Å². The lowest BCUT2D eigenvalue weighted by Gasteiger charge is -2.24. The average Bonchev–Trinajstić information content (AvgIpc) is 3.23. The van der Waals surface area contributed by atoms with Crippen molar-refractivity contribution in [2.75, 3.05) is 13.6 Å². The molecule has 1 aliphatic heterocycles. The Morgan fingerprint density at radius 3 is 2.74 bits per heavy atom. The van der Waals surface area contributed by atoms with Gasteiger partial charge in [-0.3, -0.25) is 9.59 Å². The van der Waals surface area contributed by atoms with Gasteiger partial charge in [-0.25, -0.2) is 4.98 Å². The zero-order valence-corrected chi connectivity index (χ0v) is 14.0. The van der Waals surface area contributed by atoms with Crippen LogP contribution >= 0.6 is 0 Å². The SMILES string of the molecule is CN1C(=O)C[C@H](C(=O)NCCC2CCCC2)[C@H]1c1nccn1C.